The van der Waals surface area contributed by atoms with E-state index < -0.39 is 11.9 Å². The number of carbonyl (C=O) groups is 1. The first-order chi connectivity index (χ1) is 3.18. The maximum Gasteiger partial charge on any atom is 2.00 e. The molecule has 0 amide bonds. The summed E-state index contributed by atoms with van der Waals surface area (Å²) in [6.45, 7) is 1.53. The van der Waals surface area contributed by atoms with E-state index >= 15 is 0 Å². The standard InChI is InChI=1S/C4H8O2S.Zn/c1-3(2-7)4(5)6;/h3,7H,2H2,1H3,(H,5,6);/q;+2/p-2. The Morgan fingerprint density at radius 3 is 2.25 bits per heavy atom. The van der Waals surface area contributed by atoms with Crippen LogP contribution in [0.25, 0.3) is 0 Å². The minimum absolute atomic E-state index is 0. The number of carboxylic acids is 1. The molecule has 42 valence electrons. The summed E-state index contributed by atoms with van der Waals surface area (Å²) in [7, 11) is 0. The first-order valence-electron chi connectivity index (χ1n) is 1.97. The molecule has 4 heteroatoms. The van der Waals surface area contributed by atoms with Crippen molar-refractivity contribution in [2.24, 2.45) is 5.92 Å². The van der Waals surface area contributed by atoms with Gasteiger partial charge in [-0.1, -0.05) is 6.92 Å². The van der Waals surface area contributed by atoms with Crippen molar-refractivity contribution in [1.29, 1.82) is 0 Å². The van der Waals surface area contributed by atoms with Gasteiger partial charge in [0.25, 0.3) is 0 Å². The third kappa shape index (κ3) is 4.60. The summed E-state index contributed by atoms with van der Waals surface area (Å²) in [5, 5.41) is 9.75. The first-order valence-corrected chi connectivity index (χ1v) is 2.55. The zero-order chi connectivity index (χ0) is 5.86. The fourth-order valence-electron chi connectivity index (χ4n) is 0.0680. The number of rotatable bonds is 2. The predicted octanol–water partition coefficient (Wildman–Crippen LogP) is -1.08. The summed E-state index contributed by atoms with van der Waals surface area (Å²) in [6, 6.07) is 0. The summed E-state index contributed by atoms with van der Waals surface area (Å²) < 4.78 is 0. The van der Waals surface area contributed by atoms with Crippen LogP contribution in [-0.4, -0.2) is 11.7 Å². The van der Waals surface area contributed by atoms with E-state index in [0.717, 1.165) is 0 Å². The van der Waals surface area contributed by atoms with Gasteiger partial charge >= 0.3 is 19.5 Å². The molecule has 0 N–H and O–H groups in total. The minimum Gasteiger partial charge on any atom is -0.792 e. The molecular weight excluding hydrogens is 177 g/mol. The van der Waals surface area contributed by atoms with Gasteiger partial charge in [-0.25, -0.2) is 0 Å². The molecule has 0 saturated heterocycles. The molecule has 0 aromatic carbocycles. The average molecular weight is 184 g/mol. The largest absolute Gasteiger partial charge is 2.00 e. The van der Waals surface area contributed by atoms with E-state index in [4.69, 9.17) is 0 Å². The molecule has 0 heterocycles. The quantitative estimate of drug-likeness (QED) is 0.404. The molecule has 0 fully saturated rings. The van der Waals surface area contributed by atoms with Crippen molar-refractivity contribution >= 4 is 18.6 Å². The Bertz CT molecular complexity index is 76.4. The van der Waals surface area contributed by atoms with Crippen LogP contribution in [0.15, 0.2) is 0 Å². The first kappa shape index (κ1) is 11.3. The van der Waals surface area contributed by atoms with Crippen LogP contribution in [0.1, 0.15) is 6.92 Å². The van der Waals surface area contributed by atoms with Gasteiger partial charge in [0.05, 0.1) is 0 Å². The monoisotopic (exact) mass is 182 g/mol. The summed E-state index contributed by atoms with van der Waals surface area (Å²) >= 11 is 4.43. The molecule has 0 aliphatic carbocycles. The zero-order valence-corrected chi connectivity index (χ0v) is 8.50. The Morgan fingerprint density at radius 1 is 1.88 bits per heavy atom. The van der Waals surface area contributed by atoms with Crippen LogP contribution in [0.2, 0.25) is 0 Å². The number of carboxylic acid groups (broad SMARTS) is 1. The fourth-order valence-corrected chi connectivity index (χ4v) is 0.204. The summed E-state index contributed by atoms with van der Waals surface area (Å²) in [4.78, 5) is 9.75. The van der Waals surface area contributed by atoms with Gasteiger partial charge in [0.2, 0.25) is 0 Å². The van der Waals surface area contributed by atoms with Gasteiger partial charge in [-0.15, -0.1) is 0 Å². The second kappa shape index (κ2) is 5.58. The molecule has 0 aromatic rings. The van der Waals surface area contributed by atoms with Crippen LogP contribution in [0.5, 0.6) is 0 Å². The molecule has 0 aliphatic rings. The van der Waals surface area contributed by atoms with Gasteiger partial charge in [-0.05, 0) is 5.92 Å². The van der Waals surface area contributed by atoms with Crippen LogP contribution >= 0.6 is 0 Å². The Morgan fingerprint density at radius 2 is 2.25 bits per heavy atom. The van der Waals surface area contributed by atoms with Crippen molar-refractivity contribution in [2.45, 2.75) is 6.92 Å². The summed E-state index contributed by atoms with van der Waals surface area (Å²) in [5.41, 5.74) is 0. The van der Waals surface area contributed by atoms with Crippen molar-refractivity contribution in [3.63, 3.8) is 0 Å². The summed E-state index contributed by atoms with van der Waals surface area (Å²) in [5.74, 6) is -1.30. The van der Waals surface area contributed by atoms with Crippen LogP contribution < -0.4 is 5.11 Å². The van der Waals surface area contributed by atoms with E-state index in [-0.39, 0.29) is 25.2 Å². The van der Waals surface area contributed by atoms with Crippen molar-refractivity contribution in [3.8, 4) is 0 Å². The van der Waals surface area contributed by atoms with Gasteiger partial charge in [0.15, 0.2) is 0 Å². The van der Waals surface area contributed by atoms with E-state index in [1.807, 2.05) is 0 Å². The molecule has 1 atom stereocenters. The van der Waals surface area contributed by atoms with Crippen LogP contribution in [-0.2, 0) is 36.9 Å². The van der Waals surface area contributed by atoms with E-state index in [2.05, 4.69) is 12.6 Å². The van der Waals surface area contributed by atoms with Crippen LogP contribution in [0.4, 0.5) is 0 Å². The third-order valence-electron chi connectivity index (χ3n) is 0.652. The molecule has 8 heavy (non-hydrogen) atoms. The molecule has 0 saturated carbocycles. The molecule has 0 radical (unpaired) electrons. The maximum atomic E-state index is 9.75. The van der Waals surface area contributed by atoms with Crippen LogP contribution in [0, 0.1) is 5.92 Å². The Hall–Kier alpha value is 0.443. The van der Waals surface area contributed by atoms with Crippen molar-refractivity contribution in [3.05, 3.63) is 0 Å². The van der Waals surface area contributed by atoms with Gasteiger partial charge in [-0.3, -0.25) is 0 Å². The number of aliphatic carboxylic acids is 1. The molecule has 0 spiro atoms. The SMILES string of the molecule is CC(C[S-])C(=O)[O-].[Zn+2]. The van der Waals surface area contributed by atoms with Gasteiger partial charge in [0, 0.05) is 5.97 Å². The van der Waals surface area contributed by atoms with E-state index in [9.17, 15) is 9.90 Å². The molecule has 0 aromatic heterocycles. The summed E-state index contributed by atoms with van der Waals surface area (Å²) in [6.07, 6.45) is 0. The number of carbonyl (C=O) groups excluding carboxylic acids is 1. The van der Waals surface area contributed by atoms with E-state index in [1.54, 1.807) is 0 Å². The zero-order valence-electron chi connectivity index (χ0n) is 4.72. The number of hydrogen-bond acceptors (Lipinski definition) is 3. The van der Waals surface area contributed by atoms with Gasteiger partial charge in [-0.2, -0.15) is 5.75 Å². The third-order valence-corrected chi connectivity index (χ3v) is 1.15. The Labute approximate surface area is 66.8 Å². The smallest absolute Gasteiger partial charge is 0.792 e. The minimum atomic E-state index is -1.06. The topological polar surface area (TPSA) is 40.1 Å². The molecule has 0 rings (SSSR count). The van der Waals surface area contributed by atoms with Crippen LogP contribution in [0.3, 0.4) is 0 Å². The normalized spacial score (nSPS) is 11.8. The Balaban J connectivity index is 0. The van der Waals surface area contributed by atoms with Gasteiger partial charge < -0.3 is 22.5 Å². The fraction of sp³-hybridized carbons (Fsp3) is 0.750. The van der Waals surface area contributed by atoms with Crippen molar-refractivity contribution < 1.29 is 29.4 Å². The van der Waals surface area contributed by atoms with Crippen molar-refractivity contribution in [2.75, 3.05) is 5.75 Å². The molecule has 1 unspecified atom stereocenters. The Kier molecular flexibility index (Phi) is 7.86. The van der Waals surface area contributed by atoms with Gasteiger partial charge in [0.1, 0.15) is 0 Å². The maximum absolute atomic E-state index is 9.75. The van der Waals surface area contributed by atoms with Crippen molar-refractivity contribution in [1.82, 2.24) is 0 Å². The molecule has 0 bridgehead atoms. The van der Waals surface area contributed by atoms with E-state index in [1.165, 1.54) is 6.92 Å². The predicted molar refractivity (Wildman–Crippen MR) is 26.4 cm³/mol. The van der Waals surface area contributed by atoms with E-state index in [0.29, 0.717) is 0 Å². The number of hydrogen-bond donors (Lipinski definition) is 0. The second-order valence-electron chi connectivity index (χ2n) is 1.39. The molecular formula is C4H6O2SZn. The molecule has 0 aliphatic heterocycles. The molecule has 2 nitrogen and oxygen atoms in total. The second-order valence-corrected chi connectivity index (χ2v) is 1.72. The average Bonchev–Trinajstić information content (AvgIpc) is 1.65.